The van der Waals surface area contributed by atoms with Gasteiger partial charge in [-0.3, -0.25) is 4.79 Å². The van der Waals surface area contributed by atoms with Gasteiger partial charge >= 0.3 is 0 Å². The number of alkyl halides is 1. The summed E-state index contributed by atoms with van der Waals surface area (Å²) in [4.78, 5) is 13.0. The van der Waals surface area contributed by atoms with E-state index in [4.69, 9.17) is 0 Å². The van der Waals surface area contributed by atoms with Crippen molar-refractivity contribution >= 4 is 5.91 Å². The number of carbonyl (C=O) groups excluding carboxylic acids is 1. The second-order valence-corrected chi connectivity index (χ2v) is 3.89. The van der Waals surface area contributed by atoms with E-state index >= 15 is 0 Å². The minimum atomic E-state index is -0.826. The fraction of sp³-hybridized carbons (Fsp3) is 0.889. The number of hydrogen-bond donors (Lipinski definition) is 0. The lowest BCUT2D eigenvalue weighted by Crippen LogP contribution is -2.32. The van der Waals surface area contributed by atoms with E-state index in [9.17, 15) is 9.18 Å². The number of hydrogen-bond acceptors (Lipinski definition) is 1. The van der Waals surface area contributed by atoms with Crippen LogP contribution in [0, 0.1) is 11.8 Å². The number of halogens is 1. The first-order valence-corrected chi connectivity index (χ1v) is 4.45. The molecule has 0 N–H and O–H groups in total. The van der Waals surface area contributed by atoms with Crippen LogP contribution in [0.1, 0.15) is 20.8 Å². The van der Waals surface area contributed by atoms with Gasteiger partial charge in [-0.15, -0.1) is 0 Å². The molecule has 2 nitrogen and oxygen atoms in total. The summed E-state index contributed by atoms with van der Waals surface area (Å²) in [7, 11) is 0. The third kappa shape index (κ3) is 1.76. The molecule has 3 heteroatoms. The number of rotatable bonds is 1. The first-order valence-electron chi connectivity index (χ1n) is 4.45. The normalized spacial score (nSPS) is 29.9. The summed E-state index contributed by atoms with van der Waals surface area (Å²) in [5.41, 5.74) is 0. The molecule has 1 rings (SSSR count). The van der Waals surface area contributed by atoms with Gasteiger partial charge in [-0.25, -0.2) is 4.39 Å². The summed E-state index contributed by atoms with van der Waals surface area (Å²) in [5.74, 6) is 0.0669. The van der Waals surface area contributed by atoms with Gasteiger partial charge < -0.3 is 4.90 Å². The molecule has 70 valence electrons. The monoisotopic (exact) mass is 173 g/mol. The Kier molecular flexibility index (Phi) is 2.70. The Bertz CT molecular complexity index is 171. The van der Waals surface area contributed by atoms with Crippen molar-refractivity contribution in [2.75, 3.05) is 13.1 Å². The van der Waals surface area contributed by atoms with Crippen molar-refractivity contribution in [3.05, 3.63) is 0 Å². The molecule has 2 atom stereocenters. The molecule has 0 aliphatic carbocycles. The van der Waals surface area contributed by atoms with Crippen molar-refractivity contribution < 1.29 is 9.18 Å². The molecule has 0 aromatic carbocycles. The fourth-order valence-corrected chi connectivity index (χ4v) is 1.47. The first kappa shape index (κ1) is 9.49. The van der Waals surface area contributed by atoms with E-state index in [0.29, 0.717) is 6.54 Å². The molecule has 0 aromatic heterocycles. The van der Waals surface area contributed by atoms with Crippen molar-refractivity contribution in [1.29, 1.82) is 0 Å². The van der Waals surface area contributed by atoms with Gasteiger partial charge in [-0.2, -0.15) is 0 Å². The van der Waals surface area contributed by atoms with Gasteiger partial charge in [0.25, 0.3) is 0 Å². The molecule has 1 saturated heterocycles. The molecule has 1 heterocycles. The highest BCUT2D eigenvalue weighted by Crippen LogP contribution is 2.20. The second-order valence-electron chi connectivity index (χ2n) is 3.89. The van der Waals surface area contributed by atoms with Crippen molar-refractivity contribution in [3.63, 3.8) is 0 Å². The number of nitrogens with zero attached hydrogens (tertiary/aromatic N) is 1. The number of likely N-dealkylation sites (tertiary alicyclic amines) is 1. The van der Waals surface area contributed by atoms with Crippen LogP contribution < -0.4 is 0 Å². The van der Waals surface area contributed by atoms with E-state index in [2.05, 4.69) is 0 Å². The topological polar surface area (TPSA) is 20.3 Å². The summed E-state index contributed by atoms with van der Waals surface area (Å²) < 4.78 is 13.0. The zero-order valence-corrected chi connectivity index (χ0v) is 7.88. The molecule has 1 amide bonds. The SMILES string of the molecule is CC(C)C(=O)N1C[C@@H](C)[C@H](F)C1. The Labute approximate surface area is 72.7 Å². The van der Waals surface area contributed by atoms with E-state index in [0.717, 1.165) is 0 Å². The Hall–Kier alpha value is -0.600. The summed E-state index contributed by atoms with van der Waals surface area (Å²) in [5, 5.41) is 0. The Morgan fingerprint density at radius 1 is 1.50 bits per heavy atom. The third-order valence-electron chi connectivity index (χ3n) is 2.33. The molecular formula is C9H16FNO. The Balaban J connectivity index is 2.52. The molecule has 12 heavy (non-hydrogen) atoms. The summed E-state index contributed by atoms with van der Waals surface area (Å²) in [6.45, 7) is 6.41. The highest BCUT2D eigenvalue weighted by molar-refractivity contribution is 5.78. The smallest absolute Gasteiger partial charge is 0.225 e. The summed E-state index contributed by atoms with van der Waals surface area (Å²) in [6.07, 6.45) is -0.826. The van der Waals surface area contributed by atoms with Crippen LogP contribution in [0.3, 0.4) is 0 Å². The molecule has 0 saturated carbocycles. The van der Waals surface area contributed by atoms with Gasteiger partial charge in [-0.05, 0) is 0 Å². The molecule has 0 unspecified atom stereocenters. The van der Waals surface area contributed by atoms with E-state index in [-0.39, 0.29) is 24.3 Å². The first-order chi connectivity index (χ1) is 5.52. The van der Waals surface area contributed by atoms with Crippen LogP contribution >= 0.6 is 0 Å². The van der Waals surface area contributed by atoms with E-state index in [1.54, 1.807) is 4.90 Å². The van der Waals surface area contributed by atoms with Gasteiger partial charge in [0.05, 0.1) is 6.54 Å². The molecule has 0 aromatic rings. The van der Waals surface area contributed by atoms with Gasteiger partial charge in [0, 0.05) is 18.4 Å². The fourth-order valence-electron chi connectivity index (χ4n) is 1.47. The van der Waals surface area contributed by atoms with Crippen LogP contribution in [-0.2, 0) is 4.79 Å². The van der Waals surface area contributed by atoms with Crippen LogP contribution in [0.5, 0.6) is 0 Å². The van der Waals surface area contributed by atoms with Crippen LogP contribution in [0.2, 0.25) is 0 Å². The van der Waals surface area contributed by atoms with Crippen molar-refractivity contribution in [3.8, 4) is 0 Å². The third-order valence-corrected chi connectivity index (χ3v) is 2.33. The highest BCUT2D eigenvalue weighted by atomic mass is 19.1. The lowest BCUT2D eigenvalue weighted by Gasteiger charge is -2.17. The lowest BCUT2D eigenvalue weighted by molar-refractivity contribution is -0.133. The van der Waals surface area contributed by atoms with E-state index < -0.39 is 6.17 Å². The average molecular weight is 173 g/mol. The van der Waals surface area contributed by atoms with Crippen LogP contribution in [0.15, 0.2) is 0 Å². The molecule has 0 spiro atoms. The zero-order valence-electron chi connectivity index (χ0n) is 7.88. The number of amides is 1. The largest absolute Gasteiger partial charge is 0.339 e. The molecular weight excluding hydrogens is 157 g/mol. The molecule has 1 aliphatic heterocycles. The second kappa shape index (κ2) is 3.42. The van der Waals surface area contributed by atoms with Crippen LogP contribution in [0.25, 0.3) is 0 Å². The summed E-state index contributed by atoms with van der Waals surface area (Å²) in [6, 6.07) is 0. The van der Waals surface area contributed by atoms with Gasteiger partial charge in [0.2, 0.25) is 5.91 Å². The van der Waals surface area contributed by atoms with E-state index in [1.807, 2.05) is 20.8 Å². The van der Waals surface area contributed by atoms with Crippen molar-refractivity contribution in [2.45, 2.75) is 26.9 Å². The Morgan fingerprint density at radius 2 is 2.08 bits per heavy atom. The van der Waals surface area contributed by atoms with Gasteiger partial charge in [0.1, 0.15) is 6.17 Å². The molecule has 0 bridgehead atoms. The minimum absolute atomic E-state index is 0.00713. The minimum Gasteiger partial charge on any atom is -0.339 e. The standard InChI is InChI=1S/C9H16FNO/c1-6(2)9(12)11-4-7(3)8(10)5-11/h6-8H,4-5H2,1-3H3/t7-,8-/m1/s1. The maximum Gasteiger partial charge on any atom is 0.225 e. The predicted molar refractivity (Wildman–Crippen MR) is 45.5 cm³/mol. The number of carbonyl (C=O) groups is 1. The summed E-state index contributed by atoms with van der Waals surface area (Å²) >= 11 is 0. The van der Waals surface area contributed by atoms with Crippen LogP contribution in [-0.4, -0.2) is 30.1 Å². The van der Waals surface area contributed by atoms with Crippen molar-refractivity contribution in [2.24, 2.45) is 11.8 Å². The van der Waals surface area contributed by atoms with Gasteiger partial charge in [-0.1, -0.05) is 20.8 Å². The highest BCUT2D eigenvalue weighted by Gasteiger charge is 2.32. The molecule has 1 aliphatic rings. The Morgan fingerprint density at radius 3 is 2.42 bits per heavy atom. The van der Waals surface area contributed by atoms with Gasteiger partial charge in [0.15, 0.2) is 0 Å². The molecule has 0 radical (unpaired) electrons. The maximum absolute atomic E-state index is 13.0. The van der Waals surface area contributed by atoms with Crippen molar-refractivity contribution in [1.82, 2.24) is 4.90 Å². The predicted octanol–water partition coefficient (Wildman–Crippen LogP) is 1.46. The average Bonchev–Trinajstić information content (AvgIpc) is 2.30. The van der Waals surface area contributed by atoms with Crippen LogP contribution in [0.4, 0.5) is 4.39 Å². The zero-order chi connectivity index (χ0) is 9.30. The van der Waals surface area contributed by atoms with E-state index in [1.165, 1.54) is 0 Å². The molecule has 1 fully saturated rings. The quantitative estimate of drug-likeness (QED) is 0.588. The maximum atomic E-state index is 13.0. The lowest BCUT2D eigenvalue weighted by atomic mass is 10.1.